The highest BCUT2D eigenvalue weighted by Gasteiger charge is 2.35. The fourth-order valence-corrected chi connectivity index (χ4v) is 4.27. The highest BCUT2D eigenvalue weighted by atomic mass is 32.2. The maximum atomic E-state index is 13.2. The number of anilines is 3. The second-order valence-corrected chi connectivity index (χ2v) is 7.72. The van der Waals surface area contributed by atoms with Crippen LogP contribution in [-0.2, 0) is 12.4 Å². The van der Waals surface area contributed by atoms with E-state index in [1.807, 2.05) is 19.1 Å². The van der Waals surface area contributed by atoms with Gasteiger partial charge in [-0.25, -0.2) is 0 Å². The number of benzene rings is 3. The average Bonchev–Trinajstić information content (AvgIpc) is 2.64. The molecule has 0 radical (unpaired) electrons. The van der Waals surface area contributed by atoms with Crippen molar-refractivity contribution in [2.75, 3.05) is 4.90 Å². The van der Waals surface area contributed by atoms with Crippen LogP contribution in [0.25, 0.3) is 0 Å². The van der Waals surface area contributed by atoms with Crippen LogP contribution in [0.2, 0.25) is 0 Å². The predicted molar refractivity (Wildman–Crippen MR) is 100.0 cm³/mol. The van der Waals surface area contributed by atoms with E-state index in [9.17, 15) is 26.3 Å². The Bertz CT molecular complexity index is 1010. The van der Waals surface area contributed by atoms with E-state index < -0.39 is 23.5 Å². The van der Waals surface area contributed by atoms with E-state index in [-0.39, 0.29) is 9.79 Å². The molecule has 0 saturated carbocycles. The quantitative estimate of drug-likeness (QED) is 0.285. The van der Waals surface area contributed by atoms with Crippen LogP contribution in [-0.4, -0.2) is 0 Å². The van der Waals surface area contributed by atoms with Crippen LogP contribution < -0.4 is 4.90 Å². The molecular weight excluding hydrogens is 412 g/mol. The van der Waals surface area contributed by atoms with E-state index in [1.54, 1.807) is 17.0 Å². The van der Waals surface area contributed by atoms with Crippen molar-refractivity contribution in [3.8, 4) is 0 Å². The first-order valence-electron chi connectivity index (χ1n) is 8.51. The van der Waals surface area contributed by atoms with E-state index >= 15 is 0 Å². The summed E-state index contributed by atoms with van der Waals surface area (Å²) < 4.78 is 79.0. The molecule has 3 aromatic rings. The molecule has 0 bridgehead atoms. The van der Waals surface area contributed by atoms with Crippen molar-refractivity contribution in [3.63, 3.8) is 0 Å². The van der Waals surface area contributed by atoms with Crippen LogP contribution in [0.4, 0.5) is 43.4 Å². The highest BCUT2D eigenvalue weighted by Crippen LogP contribution is 2.53. The first-order valence-corrected chi connectivity index (χ1v) is 9.33. The summed E-state index contributed by atoms with van der Waals surface area (Å²) in [4.78, 5) is 2.17. The molecule has 0 aromatic heterocycles. The average molecular weight is 425 g/mol. The molecule has 29 heavy (non-hydrogen) atoms. The number of alkyl halides is 6. The second kappa shape index (κ2) is 6.73. The lowest BCUT2D eigenvalue weighted by molar-refractivity contribution is -0.138. The van der Waals surface area contributed by atoms with Gasteiger partial charge in [-0.3, -0.25) is 0 Å². The minimum Gasteiger partial charge on any atom is -0.308 e. The molecule has 3 aromatic carbocycles. The summed E-state index contributed by atoms with van der Waals surface area (Å²) in [6, 6.07) is 13.9. The van der Waals surface area contributed by atoms with Crippen LogP contribution in [0.5, 0.6) is 0 Å². The summed E-state index contributed by atoms with van der Waals surface area (Å²) in [5.74, 6) is 0. The molecule has 0 aliphatic carbocycles. The third kappa shape index (κ3) is 3.69. The fraction of sp³-hybridized carbons (Fsp3) is 0.143. The maximum Gasteiger partial charge on any atom is 0.416 e. The van der Waals surface area contributed by atoms with Crippen molar-refractivity contribution >= 4 is 28.8 Å². The molecule has 0 N–H and O–H groups in total. The van der Waals surface area contributed by atoms with E-state index in [0.29, 0.717) is 17.1 Å². The summed E-state index contributed by atoms with van der Waals surface area (Å²) >= 11 is 0.903. The van der Waals surface area contributed by atoms with Crippen molar-refractivity contribution < 1.29 is 26.3 Å². The van der Waals surface area contributed by atoms with Gasteiger partial charge in [-0.05, 0) is 55.5 Å². The summed E-state index contributed by atoms with van der Waals surface area (Å²) in [5.41, 5.74) is 0.919. The maximum absolute atomic E-state index is 13.2. The first kappa shape index (κ1) is 19.7. The van der Waals surface area contributed by atoms with Crippen LogP contribution in [0.1, 0.15) is 16.7 Å². The number of hydrogen-bond acceptors (Lipinski definition) is 2. The molecule has 150 valence electrons. The minimum absolute atomic E-state index is 0.243. The summed E-state index contributed by atoms with van der Waals surface area (Å²) in [5, 5.41) is 0. The van der Waals surface area contributed by atoms with Crippen molar-refractivity contribution in [3.05, 3.63) is 77.4 Å². The van der Waals surface area contributed by atoms with Gasteiger partial charge in [-0.15, -0.1) is 0 Å². The zero-order valence-corrected chi connectivity index (χ0v) is 15.7. The van der Waals surface area contributed by atoms with Crippen LogP contribution in [0.15, 0.2) is 70.5 Å². The molecule has 0 amide bonds. The zero-order valence-electron chi connectivity index (χ0n) is 14.9. The van der Waals surface area contributed by atoms with Gasteiger partial charge in [-0.2, -0.15) is 26.3 Å². The zero-order chi connectivity index (χ0) is 21.0. The van der Waals surface area contributed by atoms with Crippen molar-refractivity contribution in [1.29, 1.82) is 0 Å². The number of hydrogen-bond donors (Lipinski definition) is 0. The molecule has 0 spiro atoms. The van der Waals surface area contributed by atoms with Gasteiger partial charge >= 0.3 is 12.4 Å². The molecule has 1 nitrogen and oxygen atoms in total. The van der Waals surface area contributed by atoms with Crippen LogP contribution in [0.3, 0.4) is 0 Å². The van der Waals surface area contributed by atoms with Crippen molar-refractivity contribution in [2.24, 2.45) is 0 Å². The summed E-state index contributed by atoms with van der Waals surface area (Å²) in [6.07, 6.45) is -9.09. The number of rotatable bonds is 1. The third-order valence-electron chi connectivity index (χ3n) is 4.57. The molecule has 4 rings (SSSR count). The Hall–Kier alpha value is -2.61. The molecule has 0 atom stereocenters. The Balaban J connectivity index is 1.92. The highest BCUT2D eigenvalue weighted by molar-refractivity contribution is 7.99. The molecule has 1 aliphatic heterocycles. The largest absolute Gasteiger partial charge is 0.416 e. The predicted octanol–water partition coefficient (Wildman–Crippen LogP) is 7.97. The Labute approximate surface area is 167 Å². The molecule has 1 heterocycles. The van der Waals surface area contributed by atoms with Gasteiger partial charge in [0.05, 0.1) is 22.5 Å². The molecule has 0 fully saturated rings. The standard InChI is InChI=1S/C21H13F6NS/c1-12-2-6-15(7-3-12)28-16-8-4-13(20(22,23)24)10-18(16)29-19-11-14(21(25,26)27)5-9-17(19)28/h2-11H,1H3. The monoisotopic (exact) mass is 425 g/mol. The molecular formula is C21H13F6NS. The van der Waals surface area contributed by atoms with Gasteiger partial charge < -0.3 is 4.90 Å². The lowest BCUT2D eigenvalue weighted by atomic mass is 10.1. The van der Waals surface area contributed by atoms with Gasteiger partial charge in [0.15, 0.2) is 0 Å². The topological polar surface area (TPSA) is 3.24 Å². The molecule has 8 heteroatoms. The van der Waals surface area contributed by atoms with Gasteiger partial charge in [0.25, 0.3) is 0 Å². The van der Waals surface area contributed by atoms with E-state index in [0.717, 1.165) is 41.6 Å². The number of aryl methyl sites for hydroxylation is 1. The van der Waals surface area contributed by atoms with Gasteiger partial charge in [-0.1, -0.05) is 29.5 Å². The van der Waals surface area contributed by atoms with Crippen LogP contribution in [0, 0.1) is 6.92 Å². The van der Waals surface area contributed by atoms with E-state index in [1.165, 1.54) is 12.1 Å². The van der Waals surface area contributed by atoms with Gasteiger partial charge in [0.2, 0.25) is 0 Å². The lowest BCUT2D eigenvalue weighted by Crippen LogP contribution is -2.17. The third-order valence-corrected chi connectivity index (χ3v) is 5.66. The number of fused-ring (bicyclic) bond motifs is 2. The Morgan fingerprint density at radius 2 is 1.10 bits per heavy atom. The van der Waals surface area contributed by atoms with E-state index in [2.05, 4.69) is 0 Å². The number of halogens is 6. The number of nitrogens with zero attached hydrogens (tertiary/aromatic N) is 1. The lowest BCUT2D eigenvalue weighted by Gasteiger charge is -2.33. The first-order chi connectivity index (χ1) is 13.5. The fourth-order valence-electron chi connectivity index (χ4n) is 3.13. The summed E-state index contributed by atoms with van der Waals surface area (Å²) in [6.45, 7) is 1.89. The Morgan fingerprint density at radius 3 is 1.52 bits per heavy atom. The van der Waals surface area contributed by atoms with Gasteiger partial charge in [0, 0.05) is 15.5 Å². The van der Waals surface area contributed by atoms with Crippen molar-refractivity contribution in [2.45, 2.75) is 29.1 Å². The normalized spacial score (nSPS) is 13.8. The van der Waals surface area contributed by atoms with Crippen molar-refractivity contribution in [1.82, 2.24) is 0 Å². The Kier molecular flexibility index (Phi) is 4.57. The second-order valence-electron chi connectivity index (χ2n) is 6.63. The molecule has 1 aliphatic rings. The Morgan fingerprint density at radius 1 is 0.655 bits per heavy atom. The molecule has 0 saturated heterocycles. The van der Waals surface area contributed by atoms with Gasteiger partial charge in [0.1, 0.15) is 0 Å². The van der Waals surface area contributed by atoms with Crippen LogP contribution >= 0.6 is 11.8 Å². The van der Waals surface area contributed by atoms with E-state index in [4.69, 9.17) is 0 Å². The SMILES string of the molecule is Cc1ccc(N2c3ccc(C(F)(F)F)cc3Sc3cc(C(F)(F)F)ccc32)cc1. The smallest absolute Gasteiger partial charge is 0.308 e. The summed E-state index contributed by atoms with van der Waals surface area (Å²) in [7, 11) is 0. The molecule has 0 unspecified atom stereocenters. The minimum atomic E-state index is -4.54.